The minimum Gasteiger partial charge on any atom is -0.481 e. The lowest BCUT2D eigenvalue weighted by Gasteiger charge is -2.20. The highest BCUT2D eigenvalue weighted by atomic mass is 16.5. The molecule has 0 aliphatic rings. The van der Waals surface area contributed by atoms with Gasteiger partial charge in [-0.15, -0.1) is 0 Å². The molecule has 8 N–H and O–H groups in total. The summed E-state index contributed by atoms with van der Waals surface area (Å²) in [7, 11) is 0. The van der Waals surface area contributed by atoms with Crippen molar-refractivity contribution in [3.8, 4) is 0 Å². The quantitative estimate of drug-likeness (QED) is 0.243. The molecule has 0 aliphatic heterocycles. The lowest BCUT2D eigenvalue weighted by molar-refractivity contribution is -0.141. The van der Waals surface area contributed by atoms with Crippen LogP contribution in [0.5, 0.6) is 0 Å². The molecule has 0 saturated carbocycles. The van der Waals surface area contributed by atoms with Gasteiger partial charge in [0, 0.05) is 6.42 Å². The minimum absolute atomic E-state index is 0.0464. The van der Waals surface area contributed by atoms with Gasteiger partial charge in [-0.3, -0.25) is 4.79 Å². The van der Waals surface area contributed by atoms with Crippen molar-refractivity contribution < 1.29 is 39.3 Å². The summed E-state index contributed by atoms with van der Waals surface area (Å²) in [6, 6.07) is -4.58. The van der Waals surface area contributed by atoms with Crippen LogP contribution in [0.4, 0.5) is 4.79 Å². The van der Waals surface area contributed by atoms with Crippen molar-refractivity contribution in [1.82, 2.24) is 20.8 Å². The highest BCUT2D eigenvalue weighted by molar-refractivity contribution is 5.83. The molecule has 0 saturated heterocycles. The number of aliphatic carboxylic acids is 2. The van der Waals surface area contributed by atoms with Crippen molar-refractivity contribution in [2.45, 2.75) is 57.0 Å². The van der Waals surface area contributed by atoms with Crippen LogP contribution in [0, 0.1) is 0 Å². The summed E-state index contributed by atoms with van der Waals surface area (Å²) in [6.07, 6.45) is -2.85. The molecule has 0 spiro atoms. The maximum absolute atomic E-state index is 12.0. The summed E-state index contributed by atoms with van der Waals surface area (Å²) in [5.74, 6) is -2.81. The highest BCUT2D eigenvalue weighted by Gasteiger charge is 2.29. The molecule has 1 rings (SSSR count). The molecule has 1 aromatic rings. The van der Waals surface area contributed by atoms with Crippen LogP contribution < -0.4 is 16.4 Å². The number of carbonyl (C=O) groups excluding carboxylic acids is 1. The topological polar surface area (TPSA) is 221 Å². The number of nitrogens with zero attached hydrogens (tertiary/aromatic N) is 2. The summed E-state index contributed by atoms with van der Waals surface area (Å²) in [5, 5.41) is 44.6. The fourth-order valence-electron chi connectivity index (χ4n) is 1.99. The molecule has 13 nitrogen and oxygen atoms in total. The maximum atomic E-state index is 12.0. The van der Waals surface area contributed by atoms with Gasteiger partial charge in [0.15, 0.2) is 11.9 Å². The van der Waals surface area contributed by atoms with Gasteiger partial charge in [0.05, 0.1) is 18.2 Å². The van der Waals surface area contributed by atoms with Crippen LogP contribution in [-0.4, -0.2) is 66.8 Å². The van der Waals surface area contributed by atoms with E-state index in [2.05, 4.69) is 20.8 Å². The molecule has 27 heavy (non-hydrogen) atoms. The number of rotatable bonds is 10. The van der Waals surface area contributed by atoms with Gasteiger partial charge in [0.1, 0.15) is 6.04 Å². The number of amides is 2. The van der Waals surface area contributed by atoms with Crippen LogP contribution in [0.25, 0.3) is 0 Å². The second kappa shape index (κ2) is 9.80. The zero-order valence-corrected chi connectivity index (χ0v) is 14.7. The SMILES string of the molecule is CC(O)[C@H](NC(=O)N[C@@H](CCC(=O)O)c1nc([C@@H](N)C(C)O)no1)C(=O)O. The number of hydrogen-bond donors (Lipinski definition) is 7. The molecule has 0 fully saturated rings. The van der Waals surface area contributed by atoms with Crippen molar-refractivity contribution in [3.63, 3.8) is 0 Å². The molecular formula is C14H23N5O8. The molecule has 13 heteroatoms. The molecule has 1 aromatic heterocycles. The van der Waals surface area contributed by atoms with E-state index in [9.17, 15) is 24.6 Å². The molecule has 152 valence electrons. The van der Waals surface area contributed by atoms with Gasteiger partial charge in [-0.25, -0.2) is 9.59 Å². The molecule has 2 unspecified atom stereocenters. The fourth-order valence-corrected chi connectivity index (χ4v) is 1.99. The Morgan fingerprint density at radius 1 is 1.15 bits per heavy atom. The molecule has 0 bridgehead atoms. The molecule has 5 atom stereocenters. The number of urea groups is 1. The number of carbonyl (C=O) groups is 3. The molecule has 2 amide bonds. The van der Waals surface area contributed by atoms with E-state index >= 15 is 0 Å². The number of aromatic nitrogens is 2. The first kappa shape index (κ1) is 22.3. The first-order chi connectivity index (χ1) is 12.5. The van der Waals surface area contributed by atoms with Crippen LogP contribution in [-0.2, 0) is 9.59 Å². The van der Waals surface area contributed by atoms with Crippen LogP contribution in [0.3, 0.4) is 0 Å². The fraction of sp³-hybridized carbons (Fsp3) is 0.643. The van der Waals surface area contributed by atoms with Gasteiger partial charge in [-0.2, -0.15) is 4.98 Å². The van der Waals surface area contributed by atoms with Crippen LogP contribution in [0.1, 0.15) is 50.5 Å². The van der Waals surface area contributed by atoms with Gasteiger partial charge in [0.25, 0.3) is 0 Å². The van der Waals surface area contributed by atoms with Gasteiger partial charge < -0.3 is 41.3 Å². The average molecular weight is 389 g/mol. The van der Waals surface area contributed by atoms with E-state index in [1.165, 1.54) is 13.8 Å². The first-order valence-corrected chi connectivity index (χ1v) is 7.99. The molecule has 0 aliphatic carbocycles. The Balaban J connectivity index is 2.93. The molecule has 0 aromatic carbocycles. The normalized spacial score (nSPS) is 16.6. The monoisotopic (exact) mass is 389 g/mol. The number of nitrogens with one attached hydrogen (secondary N) is 2. The molecule has 1 heterocycles. The third-order valence-electron chi connectivity index (χ3n) is 3.56. The standard InChI is InChI=1S/C14H23N5O8/c1-5(20)9(15)11-18-12(27-19-11)7(3-4-8(22)23)16-14(26)17-10(6(2)21)13(24)25/h5-7,9-10,20-21H,3-4,15H2,1-2H3,(H,22,23)(H,24,25)(H2,16,17,26)/t5?,6?,7-,9-,10-/m0/s1. The van der Waals surface area contributed by atoms with Crippen molar-refractivity contribution in [1.29, 1.82) is 0 Å². The van der Waals surface area contributed by atoms with E-state index in [4.69, 9.17) is 20.5 Å². The van der Waals surface area contributed by atoms with Crippen molar-refractivity contribution in [3.05, 3.63) is 11.7 Å². The maximum Gasteiger partial charge on any atom is 0.328 e. The minimum atomic E-state index is -1.58. The van der Waals surface area contributed by atoms with Crippen LogP contribution in [0.2, 0.25) is 0 Å². The summed E-state index contributed by atoms with van der Waals surface area (Å²) in [4.78, 5) is 37.8. The zero-order chi connectivity index (χ0) is 20.7. The van der Waals surface area contributed by atoms with Gasteiger partial charge in [-0.1, -0.05) is 5.16 Å². The van der Waals surface area contributed by atoms with Crippen molar-refractivity contribution in [2.75, 3.05) is 0 Å². The number of carboxylic acids is 2. The van der Waals surface area contributed by atoms with E-state index in [0.29, 0.717) is 0 Å². The summed E-state index contributed by atoms with van der Waals surface area (Å²) in [5.41, 5.74) is 5.69. The summed E-state index contributed by atoms with van der Waals surface area (Å²) < 4.78 is 4.98. The first-order valence-electron chi connectivity index (χ1n) is 7.99. The highest BCUT2D eigenvalue weighted by Crippen LogP contribution is 2.19. The zero-order valence-electron chi connectivity index (χ0n) is 14.7. The summed E-state index contributed by atoms with van der Waals surface area (Å²) in [6.45, 7) is 2.60. The average Bonchev–Trinajstić information content (AvgIpc) is 3.04. The number of hydrogen-bond acceptors (Lipinski definition) is 9. The summed E-state index contributed by atoms with van der Waals surface area (Å²) >= 11 is 0. The van der Waals surface area contributed by atoms with Crippen LogP contribution in [0.15, 0.2) is 4.52 Å². The van der Waals surface area contributed by atoms with E-state index in [-0.39, 0.29) is 24.6 Å². The van der Waals surface area contributed by atoms with Gasteiger partial charge in [-0.05, 0) is 20.3 Å². The van der Waals surface area contributed by atoms with Crippen LogP contribution >= 0.6 is 0 Å². The number of nitrogens with two attached hydrogens (primary N) is 1. The van der Waals surface area contributed by atoms with E-state index in [1.54, 1.807) is 0 Å². The van der Waals surface area contributed by atoms with Crippen molar-refractivity contribution in [2.24, 2.45) is 5.73 Å². The lowest BCUT2D eigenvalue weighted by Crippen LogP contribution is -2.51. The predicted molar refractivity (Wildman–Crippen MR) is 87.3 cm³/mol. The van der Waals surface area contributed by atoms with E-state index in [0.717, 1.165) is 0 Å². The third kappa shape index (κ3) is 6.80. The Kier molecular flexibility index (Phi) is 8.08. The smallest absolute Gasteiger partial charge is 0.328 e. The second-order valence-electron chi connectivity index (χ2n) is 5.92. The van der Waals surface area contributed by atoms with E-state index in [1.807, 2.05) is 0 Å². The predicted octanol–water partition coefficient (Wildman–Crippen LogP) is -1.51. The second-order valence-corrected chi connectivity index (χ2v) is 5.92. The third-order valence-corrected chi connectivity index (χ3v) is 3.56. The number of aliphatic hydroxyl groups is 2. The van der Waals surface area contributed by atoms with Crippen molar-refractivity contribution >= 4 is 18.0 Å². The number of aliphatic hydroxyl groups excluding tert-OH is 2. The Morgan fingerprint density at radius 3 is 2.26 bits per heavy atom. The Bertz CT molecular complexity index is 662. The lowest BCUT2D eigenvalue weighted by atomic mass is 10.1. The van der Waals surface area contributed by atoms with Gasteiger partial charge >= 0.3 is 18.0 Å². The Morgan fingerprint density at radius 2 is 1.78 bits per heavy atom. The van der Waals surface area contributed by atoms with E-state index < -0.39 is 48.3 Å². The Hall–Kier alpha value is -2.77. The largest absolute Gasteiger partial charge is 0.481 e. The molecule has 0 radical (unpaired) electrons. The Labute approximate surface area is 153 Å². The van der Waals surface area contributed by atoms with Gasteiger partial charge in [0.2, 0.25) is 5.89 Å². The number of carboxylic acid groups (broad SMARTS) is 2. The molecular weight excluding hydrogens is 366 g/mol.